The number of methoxy groups -OCH3 is 1. The number of hydrogen-bond acceptors (Lipinski definition) is 3. The van der Waals surface area contributed by atoms with Gasteiger partial charge in [0.1, 0.15) is 5.75 Å². The molecule has 0 aromatic heterocycles. The van der Waals surface area contributed by atoms with E-state index in [2.05, 4.69) is 21.2 Å². The van der Waals surface area contributed by atoms with Gasteiger partial charge in [0.05, 0.1) is 13.7 Å². The molecule has 0 saturated heterocycles. The first-order valence-electron chi connectivity index (χ1n) is 5.84. The highest BCUT2D eigenvalue weighted by Gasteiger charge is 2.04. The molecule has 1 amide bonds. The third kappa shape index (κ3) is 5.51. The van der Waals surface area contributed by atoms with E-state index in [-0.39, 0.29) is 5.91 Å². The topological polar surface area (TPSA) is 47.6 Å². The molecule has 0 saturated carbocycles. The smallest absolute Gasteiger partial charge is 0.251 e. The zero-order chi connectivity index (χ0) is 13.2. The quantitative estimate of drug-likeness (QED) is 0.591. The van der Waals surface area contributed by atoms with Crippen molar-refractivity contribution in [3.8, 4) is 5.75 Å². The fraction of sp³-hybridized carbons (Fsp3) is 0.462. The van der Waals surface area contributed by atoms with E-state index in [1.807, 2.05) is 0 Å². The molecule has 0 fully saturated rings. The number of alkyl halides is 1. The van der Waals surface area contributed by atoms with Gasteiger partial charge in [0.25, 0.3) is 5.91 Å². The van der Waals surface area contributed by atoms with Crippen LogP contribution in [0.5, 0.6) is 5.75 Å². The summed E-state index contributed by atoms with van der Waals surface area (Å²) in [6.45, 7) is 1.98. The molecule has 0 atom stereocenters. The molecule has 0 aliphatic rings. The molecule has 1 N–H and O–H groups in total. The molecule has 5 heteroatoms. The second-order valence-corrected chi connectivity index (χ2v) is 4.43. The Morgan fingerprint density at radius 2 is 2.00 bits per heavy atom. The van der Waals surface area contributed by atoms with Crippen LogP contribution in [0.25, 0.3) is 0 Å². The van der Waals surface area contributed by atoms with E-state index >= 15 is 0 Å². The van der Waals surface area contributed by atoms with Gasteiger partial charge in [-0.2, -0.15) is 0 Å². The maximum Gasteiger partial charge on any atom is 0.251 e. The van der Waals surface area contributed by atoms with E-state index in [1.165, 1.54) is 0 Å². The summed E-state index contributed by atoms with van der Waals surface area (Å²) in [7, 11) is 1.60. The lowest BCUT2D eigenvalue weighted by molar-refractivity contribution is 0.0944. The van der Waals surface area contributed by atoms with Crippen molar-refractivity contribution in [2.75, 3.05) is 32.2 Å². The molecule has 0 bridgehead atoms. The molecule has 100 valence electrons. The largest absolute Gasteiger partial charge is 0.497 e. The molecule has 18 heavy (non-hydrogen) atoms. The van der Waals surface area contributed by atoms with E-state index < -0.39 is 0 Å². The van der Waals surface area contributed by atoms with Crippen LogP contribution < -0.4 is 10.1 Å². The average Bonchev–Trinajstić information content (AvgIpc) is 2.42. The van der Waals surface area contributed by atoms with Crippen LogP contribution in [0.4, 0.5) is 0 Å². The van der Waals surface area contributed by atoms with Crippen molar-refractivity contribution in [2.45, 2.75) is 6.42 Å². The van der Waals surface area contributed by atoms with Gasteiger partial charge in [-0.05, 0) is 30.7 Å². The highest BCUT2D eigenvalue weighted by molar-refractivity contribution is 9.09. The molecule has 0 aliphatic heterocycles. The number of hydrogen-bond donors (Lipinski definition) is 1. The summed E-state index contributed by atoms with van der Waals surface area (Å²) < 4.78 is 10.3. The van der Waals surface area contributed by atoms with Crippen LogP contribution in [-0.2, 0) is 4.74 Å². The summed E-state index contributed by atoms with van der Waals surface area (Å²) in [6, 6.07) is 7.03. The van der Waals surface area contributed by atoms with Crippen molar-refractivity contribution in [3.63, 3.8) is 0 Å². The number of benzene rings is 1. The summed E-state index contributed by atoms with van der Waals surface area (Å²) in [5.74, 6) is 0.674. The second kappa shape index (κ2) is 8.94. The molecular weight excluding hydrogens is 298 g/mol. The monoisotopic (exact) mass is 315 g/mol. The zero-order valence-corrected chi connectivity index (χ0v) is 12.0. The van der Waals surface area contributed by atoms with E-state index in [0.717, 1.165) is 17.5 Å². The zero-order valence-electron chi connectivity index (χ0n) is 10.4. The summed E-state index contributed by atoms with van der Waals surface area (Å²) in [6.07, 6.45) is 0.814. The Balaban J connectivity index is 2.23. The van der Waals surface area contributed by atoms with Gasteiger partial charge in [-0.1, -0.05) is 15.9 Å². The Morgan fingerprint density at radius 1 is 1.28 bits per heavy atom. The van der Waals surface area contributed by atoms with E-state index in [9.17, 15) is 4.79 Å². The lowest BCUT2D eigenvalue weighted by atomic mass is 10.2. The number of amides is 1. The molecule has 0 spiro atoms. The van der Waals surface area contributed by atoms with Crippen molar-refractivity contribution in [1.82, 2.24) is 5.32 Å². The molecule has 0 unspecified atom stereocenters. The third-order valence-corrected chi connectivity index (χ3v) is 2.65. The Morgan fingerprint density at radius 3 is 2.61 bits per heavy atom. The molecular formula is C13H18BrNO3. The van der Waals surface area contributed by atoms with Gasteiger partial charge in [-0.15, -0.1) is 0 Å². The van der Waals surface area contributed by atoms with Crippen LogP contribution >= 0.6 is 15.9 Å². The van der Waals surface area contributed by atoms with Gasteiger partial charge in [-0.3, -0.25) is 4.79 Å². The number of ether oxygens (including phenoxy) is 2. The minimum atomic E-state index is -0.0712. The predicted molar refractivity (Wildman–Crippen MR) is 74.6 cm³/mol. The highest BCUT2D eigenvalue weighted by atomic mass is 79.9. The van der Waals surface area contributed by atoms with Crippen molar-refractivity contribution in [1.29, 1.82) is 0 Å². The summed E-state index contributed by atoms with van der Waals surface area (Å²) in [5, 5.41) is 3.68. The van der Waals surface area contributed by atoms with Gasteiger partial charge in [-0.25, -0.2) is 0 Å². The fourth-order valence-corrected chi connectivity index (χ4v) is 1.61. The highest BCUT2D eigenvalue weighted by Crippen LogP contribution is 2.10. The molecule has 0 radical (unpaired) electrons. The first-order valence-corrected chi connectivity index (χ1v) is 6.96. The maximum absolute atomic E-state index is 11.7. The normalized spacial score (nSPS) is 10.1. The average molecular weight is 316 g/mol. The van der Waals surface area contributed by atoms with Crippen LogP contribution in [0.1, 0.15) is 16.8 Å². The van der Waals surface area contributed by atoms with Crippen LogP contribution in [0.3, 0.4) is 0 Å². The maximum atomic E-state index is 11.7. The van der Waals surface area contributed by atoms with Gasteiger partial charge in [0, 0.05) is 24.0 Å². The number of carbonyl (C=O) groups excluding carboxylic acids is 1. The van der Waals surface area contributed by atoms with Gasteiger partial charge in [0.2, 0.25) is 0 Å². The number of nitrogens with one attached hydrogen (secondary N) is 1. The van der Waals surface area contributed by atoms with Crippen LogP contribution in [0, 0.1) is 0 Å². The molecule has 1 aromatic carbocycles. The van der Waals surface area contributed by atoms with E-state index in [0.29, 0.717) is 25.3 Å². The summed E-state index contributed by atoms with van der Waals surface area (Å²) in [4.78, 5) is 11.7. The molecule has 1 rings (SSSR count). The van der Waals surface area contributed by atoms with Crippen molar-refractivity contribution in [3.05, 3.63) is 29.8 Å². The predicted octanol–water partition coefficient (Wildman–Crippen LogP) is 2.23. The van der Waals surface area contributed by atoms with E-state index in [1.54, 1.807) is 31.4 Å². The van der Waals surface area contributed by atoms with Crippen molar-refractivity contribution >= 4 is 21.8 Å². The number of carbonyl (C=O) groups is 1. The van der Waals surface area contributed by atoms with Gasteiger partial charge < -0.3 is 14.8 Å². The molecule has 4 nitrogen and oxygen atoms in total. The van der Waals surface area contributed by atoms with Crippen molar-refractivity contribution < 1.29 is 14.3 Å². The lowest BCUT2D eigenvalue weighted by Crippen LogP contribution is -2.25. The van der Waals surface area contributed by atoms with Crippen LogP contribution in [0.15, 0.2) is 24.3 Å². The summed E-state index contributed by atoms with van der Waals surface area (Å²) in [5.41, 5.74) is 0.636. The van der Waals surface area contributed by atoms with Gasteiger partial charge >= 0.3 is 0 Å². The van der Waals surface area contributed by atoms with Crippen LogP contribution in [0.2, 0.25) is 0 Å². The number of halogens is 1. The third-order valence-electron chi connectivity index (χ3n) is 2.32. The van der Waals surface area contributed by atoms with Crippen molar-refractivity contribution in [2.24, 2.45) is 0 Å². The number of rotatable bonds is 8. The van der Waals surface area contributed by atoms with Crippen LogP contribution in [-0.4, -0.2) is 38.1 Å². The molecule has 0 aliphatic carbocycles. The van der Waals surface area contributed by atoms with Gasteiger partial charge in [0.15, 0.2) is 0 Å². The van der Waals surface area contributed by atoms with E-state index in [4.69, 9.17) is 9.47 Å². The Hall–Kier alpha value is -1.07. The second-order valence-electron chi connectivity index (χ2n) is 3.64. The minimum Gasteiger partial charge on any atom is -0.497 e. The molecule has 1 aromatic rings. The standard InChI is InChI=1S/C13H18BrNO3/c1-17-12-5-3-11(4-6-12)13(16)15-8-2-9-18-10-7-14/h3-6H,2,7-10H2,1H3,(H,15,16). The Kier molecular flexibility index (Phi) is 7.44. The fourth-order valence-electron chi connectivity index (χ4n) is 1.38. The SMILES string of the molecule is COc1ccc(C(=O)NCCCOCCBr)cc1. The molecule has 0 heterocycles. The lowest BCUT2D eigenvalue weighted by Gasteiger charge is -2.06. The summed E-state index contributed by atoms with van der Waals surface area (Å²) >= 11 is 3.28. The Bertz CT molecular complexity index is 354. The Labute approximate surface area is 116 Å². The first-order chi connectivity index (χ1) is 8.77. The minimum absolute atomic E-state index is 0.0712. The first kappa shape index (κ1) is 15.0.